The van der Waals surface area contributed by atoms with Crippen molar-refractivity contribution in [1.82, 2.24) is 6.15 Å². The van der Waals surface area contributed by atoms with Crippen LogP contribution >= 0.6 is 0 Å². The fourth-order valence-electron chi connectivity index (χ4n) is 1.23. The quantitative estimate of drug-likeness (QED) is 0.678. The molecule has 1 aliphatic heterocycles. The number of carbonyl (C=O) groups is 2. The molecule has 72 valence electrons. The van der Waals surface area contributed by atoms with Crippen LogP contribution in [0.25, 0.3) is 0 Å². The monoisotopic (exact) mass is 190 g/mol. The molecule has 3 N–H and O–H groups in total. The number of anilines is 1. The molecule has 0 saturated heterocycles. The van der Waals surface area contributed by atoms with Gasteiger partial charge in [0.1, 0.15) is 0 Å². The first-order valence-corrected chi connectivity index (χ1v) is 3.90. The predicted molar refractivity (Wildman–Crippen MR) is 53.1 cm³/mol. The highest BCUT2D eigenvalue weighted by molar-refractivity contribution is 6.28. The number of amides is 2. The van der Waals surface area contributed by atoms with Crippen LogP contribution in [0, 0.1) is 0 Å². The molecule has 0 unspecified atom stereocenters. The lowest BCUT2D eigenvalue weighted by molar-refractivity contribution is -0.119. The van der Waals surface area contributed by atoms with Crippen LogP contribution in [0.15, 0.2) is 42.5 Å². The van der Waals surface area contributed by atoms with Crippen LogP contribution in [-0.4, -0.2) is 11.8 Å². The highest BCUT2D eigenvalue weighted by atomic mass is 16.2. The maximum atomic E-state index is 11.2. The van der Waals surface area contributed by atoms with Gasteiger partial charge in [0.2, 0.25) is 0 Å². The molecule has 0 aromatic heterocycles. The normalized spacial score (nSPS) is 14.4. The Balaban J connectivity index is 0.000000980. The second-order valence-corrected chi connectivity index (χ2v) is 2.68. The SMILES string of the molecule is N.O=C1C=CC(=O)N1c1ccccc1. The summed E-state index contributed by atoms with van der Waals surface area (Å²) < 4.78 is 0. The second kappa shape index (κ2) is 3.85. The number of hydrogen-bond acceptors (Lipinski definition) is 3. The second-order valence-electron chi connectivity index (χ2n) is 2.68. The standard InChI is InChI=1S/C10H7NO2.H3N/c12-9-6-7-10(13)11(9)8-4-2-1-3-5-8;/h1-7H;1H3. The Morgan fingerprint density at radius 2 is 1.36 bits per heavy atom. The highest BCUT2D eigenvalue weighted by Crippen LogP contribution is 2.17. The number of rotatable bonds is 1. The third-order valence-corrected chi connectivity index (χ3v) is 1.82. The van der Waals surface area contributed by atoms with Crippen molar-refractivity contribution in [3.05, 3.63) is 42.5 Å². The molecule has 4 heteroatoms. The first-order valence-electron chi connectivity index (χ1n) is 3.90. The van der Waals surface area contributed by atoms with Gasteiger partial charge in [0.15, 0.2) is 0 Å². The van der Waals surface area contributed by atoms with Crippen LogP contribution in [0.4, 0.5) is 5.69 Å². The van der Waals surface area contributed by atoms with Gasteiger partial charge in [-0.3, -0.25) is 9.59 Å². The Hall–Kier alpha value is -1.94. The smallest absolute Gasteiger partial charge is 0.258 e. The molecule has 0 spiro atoms. The largest absolute Gasteiger partial charge is 0.344 e. The van der Waals surface area contributed by atoms with Gasteiger partial charge < -0.3 is 6.15 Å². The molecule has 1 aromatic rings. The lowest BCUT2D eigenvalue weighted by Crippen LogP contribution is -2.29. The average Bonchev–Trinajstić information content (AvgIpc) is 2.48. The molecule has 0 saturated carbocycles. The Morgan fingerprint density at radius 3 is 1.86 bits per heavy atom. The lowest BCUT2D eigenvalue weighted by atomic mass is 10.3. The van der Waals surface area contributed by atoms with E-state index in [4.69, 9.17) is 0 Å². The lowest BCUT2D eigenvalue weighted by Gasteiger charge is -2.12. The van der Waals surface area contributed by atoms with E-state index < -0.39 is 0 Å². The van der Waals surface area contributed by atoms with Crippen LogP contribution < -0.4 is 11.1 Å². The number of para-hydroxylation sites is 1. The molecule has 0 bridgehead atoms. The molecule has 1 heterocycles. The van der Waals surface area contributed by atoms with Crippen molar-refractivity contribution in [2.24, 2.45) is 0 Å². The Bertz CT molecular complexity index is 366. The van der Waals surface area contributed by atoms with Gasteiger partial charge in [-0.2, -0.15) is 0 Å². The fraction of sp³-hybridized carbons (Fsp3) is 0. The summed E-state index contributed by atoms with van der Waals surface area (Å²) in [4.78, 5) is 23.5. The zero-order valence-corrected chi connectivity index (χ0v) is 7.51. The molecule has 4 nitrogen and oxygen atoms in total. The summed E-state index contributed by atoms with van der Waals surface area (Å²) in [6.45, 7) is 0. The van der Waals surface area contributed by atoms with Gasteiger partial charge >= 0.3 is 0 Å². The number of carbonyl (C=O) groups excluding carboxylic acids is 2. The number of benzene rings is 1. The van der Waals surface area contributed by atoms with Crippen LogP contribution in [0.5, 0.6) is 0 Å². The first kappa shape index (κ1) is 10.1. The molecule has 0 atom stereocenters. The van der Waals surface area contributed by atoms with E-state index in [-0.39, 0.29) is 18.0 Å². The van der Waals surface area contributed by atoms with Crippen molar-refractivity contribution in [3.63, 3.8) is 0 Å². The maximum absolute atomic E-state index is 11.2. The third kappa shape index (κ3) is 1.55. The van der Waals surface area contributed by atoms with Gasteiger partial charge in [-0.15, -0.1) is 0 Å². The topological polar surface area (TPSA) is 72.4 Å². The van der Waals surface area contributed by atoms with Gasteiger partial charge in [0.25, 0.3) is 11.8 Å². The van der Waals surface area contributed by atoms with Crippen molar-refractivity contribution in [3.8, 4) is 0 Å². The number of imide groups is 1. The van der Waals surface area contributed by atoms with E-state index in [1.807, 2.05) is 6.07 Å². The Labute approximate surface area is 81.4 Å². The van der Waals surface area contributed by atoms with Crippen LogP contribution in [-0.2, 0) is 9.59 Å². The van der Waals surface area contributed by atoms with E-state index in [0.717, 1.165) is 4.90 Å². The van der Waals surface area contributed by atoms with E-state index in [9.17, 15) is 9.59 Å². The minimum atomic E-state index is -0.281. The minimum absolute atomic E-state index is 0. The summed E-state index contributed by atoms with van der Waals surface area (Å²) in [5.41, 5.74) is 0.613. The maximum Gasteiger partial charge on any atom is 0.258 e. The minimum Gasteiger partial charge on any atom is -0.344 e. The number of hydrogen-bond donors (Lipinski definition) is 1. The van der Waals surface area contributed by atoms with E-state index in [2.05, 4.69) is 0 Å². The Kier molecular flexibility index (Phi) is 2.79. The molecule has 2 amide bonds. The fourth-order valence-corrected chi connectivity index (χ4v) is 1.23. The van der Waals surface area contributed by atoms with Crippen molar-refractivity contribution < 1.29 is 9.59 Å². The molecule has 1 aliphatic rings. The zero-order chi connectivity index (χ0) is 9.26. The summed E-state index contributed by atoms with van der Waals surface area (Å²) in [5, 5.41) is 0. The van der Waals surface area contributed by atoms with Crippen LogP contribution in [0.1, 0.15) is 0 Å². The third-order valence-electron chi connectivity index (χ3n) is 1.82. The molecular formula is C10H10N2O2. The van der Waals surface area contributed by atoms with Gasteiger partial charge in [-0.1, -0.05) is 18.2 Å². The van der Waals surface area contributed by atoms with E-state index in [1.54, 1.807) is 24.3 Å². The van der Waals surface area contributed by atoms with Gasteiger partial charge in [0.05, 0.1) is 5.69 Å². The average molecular weight is 190 g/mol. The molecule has 2 rings (SSSR count). The molecule has 1 aromatic carbocycles. The van der Waals surface area contributed by atoms with Gasteiger partial charge in [-0.25, -0.2) is 4.90 Å². The van der Waals surface area contributed by atoms with Gasteiger partial charge in [-0.05, 0) is 12.1 Å². The first-order chi connectivity index (χ1) is 6.29. The van der Waals surface area contributed by atoms with E-state index >= 15 is 0 Å². The van der Waals surface area contributed by atoms with Crippen LogP contribution in [0.2, 0.25) is 0 Å². The van der Waals surface area contributed by atoms with E-state index in [1.165, 1.54) is 12.2 Å². The molecule has 0 radical (unpaired) electrons. The Morgan fingerprint density at radius 1 is 0.857 bits per heavy atom. The van der Waals surface area contributed by atoms with E-state index in [0.29, 0.717) is 5.69 Å². The highest BCUT2D eigenvalue weighted by Gasteiger charge is 2.24. The van der Waals surface area contributed by atoms with Crippen molar-refractivity contribution in [1.29, 1.82) is 0 Å². The summed E-state index contributed by atoms with van der Waals surface area (Å²) in [6.07, 6.45) is 2.55. The van der Waals surface area contributed by atoms with Crippen LogP contribution in [0.3, 0.4) is 0 Å². The predicted octanol–water partition coefficient (Wildman–Crippen LogP) is 1.28. The number of nitrogens with zero attached hydrogens (tertiary/aromatic N) is 1. The molecule has 14 heavy (non-hydrogen) atoms. The van der Waals surface area contributed by atoms with Gasteiger partial charge in [0, 0.05) is 12.2 Å². The summed E-state index contributed by atoms with van der Waals surface area (Å²) in [6, 6.07) is 8.86. The van der Waals surface area contributed by atoms with Crippen molar-refractivity contribution in [2.45, 2.75) is 0 Å². The summed E-state index contributed by atoms with van der Waals surface area (Å²) in [5.74, 6) is -0.563. The molecule has 0 aliphatic carbocycles. The molecule has 0 fully saturated rings. The summed E-state index contributed by atoms with van der Waals surface area (Å²) in [7, 11) is 0. The zero-order valence-electron chi connectivity index (χ0n) is 7.51. The summed E-state index contributed by atoms with van der Waals surface area (Å²) >= 11 is 0. The van der Waals surface area contributed by atoms with Crippen molar-refractivity contribution >= 4 is 17.5 Å². The van der Waals surface area contributed by atoms with Crippen molar-refractivity contribution in [2.75, 3.05) is 4.90 Å². The molecular weight excluding hydrogens is 180 g/mol.